The van der Waals surface area contributed by atoms with Gasteiger partial charge in [-0.15, -0.1) is 0 Å². The van der Waals surface area contributed by atoms with Crippen molar-refractivity contribution in [1.29, 1.82) is 0 Å². The molecule has 2 N–H and O–H groups in total. The molecule has 0 saturated heterocycles. The molecule has 0 aliphatic carbocycles. The number of aryl methyl sites for hydroxylation is 1. The van der Waals surface area contributed by atoms with Gasteiger partial charge >= 0.3 is 0 Å². The van der Waals surface area contributed by atoms with Gasteiger partial charge in [-0.2, -0.15) is 0 Å². The lowest BCUT2D eigenvalue weighted by molar-refractivity contribution is 0.600. The molecule has 0 aliphatic rings. The maximum absolute atomic E-state index is 12.2. The maximum atomic E-state index is 12.2. The third kappa shape index (κ3) is 3.92. The zero-order valence-corrected chi connectivity index (χ0v) is 14.0. The van der Waals surface area contributed by atoms with Gasteiger partial charge in [-0.25, -0.2) is 18.4 Å². The van der Waals surface area contributed by atoms with Gasteiger partial charge in [-0.05, 0) is 54.0 Å². The third-order valence-corrected chi connectivity index (χ3v) is 4.84. The first-order chi connectivity index (χ1) is 9.92. The molecule has 8 heteroatoms. The third-order valence-electron chi connectivity index (χ3n) is 2.66. The van der Waals surface area contributed by atoms with Gasteiger partial charge in [0, 0.05) is 17.2 Å². The number of nitrogens with zero attached hydrogens (tertiary/aromatic N) is 2. The number of rotatable bonds is 5. The summed E-state index contributed by atoms with van der Waals surface area (Å²) in [6.07, 6.45) is 1.31. The van der Waals surface area contributed by atoms with E-state index in [1.807, 2.05) is 6.92 Å². The van der Waals surface area contributed by atoms with Crippen LogP contribution in [0.2, 0.25) is 0 Å². The number of aromatic nitrogens is 2. The smallest absolute Gasteiger partial charge is 0.264 e. The fourth-order valence-electron chi connectivity index (χ4n) is 1.62. The van der Waals surface area contributed by atoms with Crippen molar-refractivity contribution in [2.45, 2.75) is 18.7 Å². The minimum Gasteiger partial charge on any atom is -0.370 e. The zero-order chi connectivity index (χ0) is 15.5. The first kappa shape index (κ1) is 15.7. The Balaban J connectivity index is 2.23. The molecule has 112 valence electrons. The van der Waals surface area contributed by atoms with Crippen molar-refractivity contribution in [2.24, 2.45) is 0 Å². The Bertz CT molecular complexity index is 732. The van der Waals surface area contributed by atoms with Crippen LogP contribution in [0, 0.1) is 6.92 Å². The second-order valence-electron chi connectivity index (χ2n) is 4.28. The number of pyridine rings is 2. The van der Waals surface area contributed by atoms with E-state index in [0.29, 0.717) is 11.5 Å². The van der Waals surface area contributed by atoms with Crippen molar-refractivity contribution in [3.8, 4) is 0 Å². The van der Waals surface area contributed by atoms with E-state index in [9.17, 15) is 8.42 Å². The molecule has 2 rings (SSSR count). The van der Waals surface area contributed by atoms with Crippen LogP contribution in [0.15, 0.2) is 39.8 Å². The van der Waals surface area contributed by atoms with E-state index in [1.165, 1.54) is 12.3 Å². The SMILES string of the molecule is CCNc1ccc(S(=O)(=O)Nc2ccc(Br)c(C)n2)cn1. The maximum Gasteiger partial charge on any atom is 0.264 e. The minimum atomic E-state index is -3.69. The normalized spacial score (nSPS) is 11.2. The number of halogens is 1. The van der Waals surface area contributed by atoms with Crippen molar-refractivity contribution >= 4 is 37.6 Å². The highest BCUT2D eigenvalue weighted by Gasteiger charge is 2.15. The van der Waals surface area contributed by atoms with Crippen LogP contribution in [-0.4, -0.2) is 24.9 Å². The quantitative estimate of drug-likeness (QED) is 0.845. The number of sulfonamides is 1. The summed E-state index contributed by atoms with van der Waals surface area (Å²) in [5.41, 5.74) is 0.704. The molecular weight excluding hydrogens is 356 g/mol. The Morgan fingerprint density at radius 1 is 1.19 bits per heavy atom. The summed E-state index contributed by atoms with van der Waals surface area (Å²) < 4.78 is 27.7. The summed E-state index contributed by atoms with van der Waals surface area (Å²) in [5.74, 6) is 0.903. The molecule has 0 atom stereocenters. The van der Waals surface area contributed by atoms with E-state index in [4.69, 9.17) is 0 Å². The van der Waals surface area contributed by atoms with Crippen LogP contribution in [0.3, 0.4) is 0 Å². The molecule has 0 fully saturated rings. The van der Waals surface area contributed by atoms with Crippen molar-refractivity contribution in [2.75, 3.05) is 16.6 Å². The molecular formula is C13H15BrN4O2S. The van der Waals surface area contributed by atoms with Gasteiger partial charge in [-0.3, -0.25) is 4.72 Å². The van der Waals surface area contributed by atoms with Gasteiger partial charge in [-0.1, -0.05) is 0 Å². The molecule has 6 nitrogen and oxygen atoms in total. The zero-order valence-electron chi connectivity index (χ0n) is 11.6. The molecule has 0 aromatic carbocycles. The van der Waals surface area contributed by atoms with E-state index >= 15 is 0 Å². The molecule has 0 saturated carbocycles. The molecule has 0 aliphatic heterocycles. The molecule has 2 heterocycles. The van der Waals surface area contributed by atoms with Crippen LogP contribution < -0.4 is 10.0 Å². The Labute approximate surface area is 132 Å². The molecule has 0 amide bonds. The van der Waals surface area contributed by atoms with E-state index in [-0.39, 0.29) is 10.7 Å². The lowest BCUT2D eigenvalue weighted by Gasteiger charge is -2.09. The summed E-state index contributed by atoms with van der Waals surface area (Å²) in [7, 11) is -3.69. The first-order valence-electron chi connectivity index (χ1n) is 6.28. The topological polar surface area (TPSA) is 84.0 Å². The van der Waals surface area contributed by atoms with Crippen LogP contribution in [0.4, 0.5) is 11.6 Å². The van der Waals surface area contributed by atoms with Crippen LogP contribution in [0.1, 0.15) is 12.6 Å². The van der Waals surface area contributed by atoms with E-state index in [1.54, 1.807) is 25.1 Å². The average molecular weight is 371 g/mol. The highest BCUT2D eigenvalue weighted by atomic mass is 79.9. The Morgan fingerprint density at radius 2 is 1.90 bits per heavy atom. The Kier molecular flexibility index (Phi) is 4.79. The van der Waals surface area contributed by atoms with E-state index < -0.39 is 10.0 Å². The molecule has 0 bridgehead atoms. The summed E-state index contributed by atoms with van der Waals surface area (Å²) in [6.45, 7) is 4.45. The van der Waals surface area contributed by atoms with Gasteiger partial charge in [0.1, 0.15) is 16.5 Å². The molecule has 0 unspecified atom stereocenters. The Morgan fingerprint density at radius 3 is 2.48 bits per heavy atom. The largest absolute Gasteiger partial charge is 0.370 e. The molecule has 0 spiro atoms. The minimum absolute atomic E-state index is 0.0894. The van der Waals surface area contributed by atoms with Crippen LogP contribution in [-0.2, 0) is 10.0 Å². The Hall–Kier alpha value is -1.67. The standard InChI is InChI=1S/C13H15BrN4O2S/c1-3-15-12-6-4-10(8-16-12)21(19,20)18-13-7-5-11(14)9(2)17-13/h4-8H,3H2,1-2H3,(H,15,16)(H,17,18). The van der Waals surface area contributed by atoms with Crippen molar-refractivity contribution < 1.29 is 8.42 Å². The lowest BCUT2D eigenvalue weighted by atomic mass is 10.4. The molecule has 0 radical (unpaired) electrons. The van der Waals surface area contributed by atoms with Gasteiger partial charge in [0.2, 0.25) is 0 Å². The van der Waals surface area contributed by atoms with Gasteiger partial charge < -0.3 is 5.32 Å². The number of hydrogen-bond donors (Lipinski definition) is 2. The van der Waals surface area contributed by atoms with Gasteiger partial charge in [0.05, 0.1) is 5.69 Å². The van der Waals surface area contributed by atoms with Crippen LogP contribution >= 0.6 is 15.9 Å². The lowest BCUT2D eigenvalue weighted by Crippen LogP contribution is -2.14. The highest BCUT2D eigenvalue weighted by Crippen LogP contribution is 2.19. The van der Waals surface area contributed by atoms with Crippen LogP contribution in [0.25, 0.3) is 0 Å². The molecule has 2 aromatic heterocycles. The van der Waals surface area contributed by atoms with E-state index in [0.717, 1.165) is 11.0 Å². The van der Waals surface area contributed by atoms with Gasteiger partial charge in [0.15, 0.2) is 0 Å². The predicted molar refractivity (Wildman–Crippen MR) is 85.9 cm³/mol. The molecule has 21 heavy (non-hydrogen) atoms. The first-order valence-corrected chi connectivity index (χ1v) is 8.56. The van der Waals surface area contributed by atoms with E-state index in [2.05, 4.69) is 35.9 Å². The number of anilines is 2. The van der Waals surface area contributed by atoms with Crippen molar-refractivity contribution in [3.63, 3.8) is 0 Å². The number of hydrogen-bond acceptors (Lipinski definition) is 5. The average Bonchev–Trinajstić information content (AvgIpc) is 2.44. The second kappa shape index (κ2) is 6.40. The summed E-state index contributed by atoms with van der Waals surface area (Å²) in [6, 6.07) is 6.46. The van der Waals surface area contributed by atoms with Crippen molar-refractivity contribution in [1.82, 2.24) is 9.97 Å². The summed E-state index contributed by atoms with van der Waals surface area (Å²) >= 11 is 3.32. The van der Waals surface area contributed by atoms with Gasteiger partial charge in [0.25, 0.3) is 10.0 Å². The fourth-order valence-corrected chi connectivity index (χ4v) is 2.79. The summed E-state index contributed by atoms with van der Waals surface area (Å²) in [4.78, 5) is 8.30. The monoisotopic (exact) mass is 370 g/mol. The van der Waals surface area contributed by atoms with Crippen LogP contribution in [0.5, 0.6) is 0 Å². The molecule has 2 aromatic rings. The highest BCUT2D eigenvalue weighted by molar-refractivity contribution is 9.10. The van der Waals surface area contributed by atoms with Crippen molar-refractivity contribution in [3.05, 3.63) is 40.6 Å². The number of nitrogens with one attached hydrogen (secondary N) is 2. The fraction of sp³-hybridized carbons (Fsp3) is 0.231. The predicted octanol–water partition coefficient (Wildman–Crippen LogP) is 2.78. The summed E-state index contributed by atoms with van der Waals surface area (Å²) in [5, 5.41) is 3.01. The second-order valence-corrected chi connectivity index (χ2v) is 6.82.